The monoisotopic (exact) mass is 312 g/mol. The van der Waals surface area contributed by atoms with E-state index in [0.29, 0.717) is 29.5 Å². The highest BCUT2D eigenvalue weighted by Gasteiger charge is 2.20. The van der Waals surface area contributed by atoms with E-state index >= 15 is 0 Å². The Kier molecular flexibility index (Phi) is 5.84. The average Bonchev–Trinajstić information content (AvgIpc) is 2.38. The molecule has 0 saturated carbocycles. The molecular formula is C14H21ClN4O2. The highest BCUT2D eigenvalue weighted by atomic mass is 35.5. The first kappa shape index (κ1) is 17.1. The van der Waals surface area contributed by atoms with Crippen LogP contribution in [0, 0.1) is 0 Å². The van der Waals surface area contributed by atoms with Gasteiger partial charge in [-0.25, -0.2) is 0 Å². The molecule has 0 heterocycles. The van der Waals surface area contributed by atoms with Crippen LogP contribution in [0.4, 0.5) is 11.4 Å². The maximum absolute atomic E-state index is 12.1. The predicted molar refractivity (Wildman–Crippen MR) is 85.6 cm³/mol. The molecule has 0 atom stereocenters. The summed E-state index contributed by atoms with van der Waals surface area (Å²) in [4.78, 5) is 27.0. The van der Waals surface area contributed by atoms with Gasteiger partial charge in [-0.1, -0.05) is 11.6 Å². The second-order valence-electron chi connectivity index (χ2n) is 4.69. The number of amides is 2. The van der Waals surface area contributed by atoms with Crippen LogP contribution >= 0.6 is 11.6 Å². The van der Waals surface area contributed by atoms with Crippen LogP contribution in [-0.2, 0) is 4.79 Å². The van der Waals surface area contributed by atoms with E-state index in [1.807, 2.05) is 13.8 Å². The van der Waals surface area contributed by atoms with Crippen LogP contribution in [0.1, 0.15) is 24.2 Å². The molecule has 116 valence electrons. The number of halogens is 1. The van der Waals surface area contributed by atoms with Gasteiger partial charge in [-0.3, -0.25) is 9.59 Å². The van der Waals surface area contributed by atoms with Crippen molar-refractivity contribution in [3.63, 3.8) is 0 Å². The van der Waals surface area contributed by atoms with Gasteiger partial charge >= 0.3 is 0 Å². The number of likely N-dealkylation sites (N-methyl/N-ethyl adjacent to an activating group) is 2. The Balaban J connectivity index is 3.10. The number of anilines is 2. The molecule has 4 N–H and O–H groups in total. The molecule has 0 aliphatic carbocycles. The van der Waals surface area contributed by atoms with Crippen molar-refractivity contribution in [2.45, 2.75) is 13.8 Å². The summed E-state index contributed by atoms with van der Waals surface area (Å²) in [6, 6.07) is 2.99. The first-order valence-electron chi connectivity index (χ1n) is 6.69. The minimum atomic E-state index is -0.638. The number of rotatable bonds is 6. The normalized spacial score (nSPS) is 10.3. The van der Waals surface area contributed by atoms with E-state index in [1.54, 1.807) is 16.8 Å². The van der Waals surface area contributed by atoms with E-state index in [4.69, 9.17) is 23.1 Å². The quantitative estimate of drug-likeness (QED) is 0.775. The SMILES string of the molecule is CCN(CC)C(=O)CN(C)c1c(Cl)cc(N)cc1C(N)=O. The van der Waals surface area contributed by atoms with Crippen molar-refractivity contribution in [3.05, 3.63) is 22.7 Å². The van der Waals surface area contributed by atoms with Crippen LogP contribution in [0.5, 0.6) is 0 Å². The van der Waals surface area contributed by atoms with Crippen LogP contribution in [0.25, 0.3) is 0 Å². The fraction of sp³-hybridized carbons (Fsp3) is 0.429. The average molecular weight is 313 g/mol. The summed E-state index contributed by atoms with van der Waals surface area (Å²) in [6.45, 7) is 5.17. The Morgan fingerprint density at radius 2 is 1.81 bits per heavy atom. The van der Waals surface area contributed by atoms with Gasteiger partial charge in [-0.15, -0.1) is 0 Å². The van der Waals surface area contributed by atoms with Crippen molar-refractivity contribution in [2.24, 2.45) is 5.73 Å². The standard InChI is InChI=1S/C14H21ClN4O2/c1-4-19(5-2)12(20)8-18(3)13-10(14(17)21)6-9(16)7-11(13)15/h6-7H,4-5,8,16H2,1-3H3,(H2,17,21). The molecule has 1 rings (SSSR count). The van der Waals surface area contributed by atoms with Gasteiger partial charge in [-0.05, 0) is 26.0 Å². The van der Waals surface area contributed by atoms with Gasteiger partial charge in [0.15, 0.2) is 0 Å². The van der Waals surface area contributed by atoms with Crippen molar-refractivity contribution in [2.75, 3.05) is 37.3 Å². The number of benzene rings is 1. The van der Waals surface area contributed by atoms with E-state index in [1.165, 1.54) is 12.1 Å². The van der Waals surface area contributed by atoms with Crippen LogP contribution < -0.4 is 16.4 Å². The van der Waals surface area contributed by atoms with Crippen LogP contribution in [-0.4, -0.2) is 43.4 Å². The fourth-order valence-electron chi connectivity index (χ4n) is 2.15. The third-order valence-electron chi connectivity index (χ3n) is 3.22. The van der Waals surface area contributed by atoms with Gasteiger partial charge in [0.1, 0.15) is 0 Å². The lowest BCUT2D eigenvalue weighted by atomic mass is 10.1. The number of carbonyl (C=O) groups excluding carboxylic acids is 2. The number of nitrogens with zero attached hydrogens (tertiary/aromatic N) is 2. The second kappa shape index (κ2) is 7.17. The summed E-state index contributed by atoms with van der Waals surface area (Å²) in [5.74, 6) is -0.688. The van der Waals surface area contributed by atoms with Gasteiger partial charge < -0.3 is 21.3 Å². The maximum atomic E-state index is 12.1. The summed E-state index contributed by atoms with van der Waals surface area (Å²) < 4.78 is 0. The van der Waals surface area contributed by atoms with E-state index in [-0.39, 0.29) is 18.0 Å². The molecule has 0 unspecified atom stereocenters. The fourth-order valence-corrected chi connectivity index (χ4v) is 2.53. The summed E-state index contributed by atoms with van der Waals surface area (Å²) in [6.07, 6.45) is 0. The van der Waals surface area contributed by atoms with Gasteiger partial charge in [0.2, 0.25) is 5.91 Å². The van der Waals surface area contributed by atoms with E-state index in [0.717, 1.165) is 0 Å². The molecule has 0 bridgehead atoms. The zero-order chi connectivity index (χ0) is 16.2. The van der Waals surface area contributed by atoms with E-state index in [2.05, 4.69) is 0 Å². The third-order valence-corrected chi connectivity index (χ3v) is 3.51. The lowest BCUT2D eigenvalue weighted by Crippen LogP contribution is -2.39. The maximum Gasteiger partial charge on any atom is 0.250 e. The van der Waals surface area contributed by atoms with Crippen molar-refractivity contribution < 1.29 is 9.59 Å². The van der Waals surface area contributed by atoms with E-state index in [9.17, 15) is 9.59 Å². The molecule has 1 aromatic rings. The number of nitrogen functional groups attached to an aromatic ring is 1. The highest BCUT2D eigenvalue weighted by molar-refractivity contribution is 6.34. The molecule has 21 heavy (non-hydrogen) atoms. The Bertz CT molecular complexity index is 544. The molecule has 0 aliphatic heterocycles. The molecule has 7 heteroatoms. The summed E-state index contributed by atoms with van der Waals surface area (Å²) in [5.41, 5.74) is 12.0. The van der Waals surface area contributed by atoms with Crippen LogP contribution in [0.3, 0.4) is 0 Å². The molecule has 1 aromatic carbocycles. The Morgan fingerprint density at radius 1 is 1.24 bits per heavy atom. The lowest BCUT2D eigenvalue weighted by Gasteiger charge is -2.26. The second-order valence-corrected chi connectivity index (χ2v) is 5.09. The van der Waals surface area contributed by atoms with Crippen molar-refractivity contribution in [1.82, 2.24) is 4.90 Å². The van der Waals surface area contributed by atoms with Gasteiger partial charge in [0.05, 0.1) is 22.8 Å². The Hall–Kier alpha value is -1.95. The summed E-state index contributed by atoms with van der Waals surface area (Å²) >= 11 is 6.15. The smallest absolute Gasteiger partial charge is 0.250 e. The van der Waals surface area contributed by atoms with Gasteiger partial charge in [0.25, 0.3) is 5.91 Å². The number of hydrogen-bond donors (Lipinski definition) is 2. The molecular weight excluding hydrogens is 292 g/mol. The highest BCUT2D eigenvalue weighted by Crippen LogP contribution is 2.31. The first-order chi connectivity index (χ1) is 9.81. The van der Waals surface area contributed by atoms with Crippen molar-refractivity contribution in [1.29, 1.82) is 0 Å². The third kappa shape index (κ3) is 4.01. The first-order valence-corrected chi connectivity index (χ1v) is 7.07. The number of hydrogen-bond acceptors (Lipinski definition) is 4. The van der Waals surface area contributed by atoms with Crippen LogP contribution in [0.15, 0.2) is 12.1 Å². The minimum Gasteiger partial charge on any atom is -0.399 e. The predicted octanol–water partition coefficient (Wildman–Crippen LogP) is 1.33. The number of primary amides is 1. The zero-order valence-corrected chi connectivity index (χ0v) is 13.3. The number of carbonyl (C=O) groups is 2. The topological polar surface area (TPSA) is 92.7 Å². The largest absolute Gasteiger partial charge is 0.399 e. The molecule has 0 aromatic heterocycles. The van der Waals surface area contributed by atoms with Crippen LogP contribution in [0.2, 0.25) is 5.02 Å². The lowest BCUT2D eigenvalue weighted by molar-refractivity contribution is -0.129. The Labute approximate surface area is 129 Å². The van der Waals surface area contributed by atoms with Crippen molar-refractivity contribution in [3.8, 4) is 0 Å². The zero-order valence-electron chi connectivity index (χ0n) is 12.5. The van der Waals surface area contributed by atoms with E-state index < -0.39 is 5.91 Å². The summed E-state index contributed by atoms with van der Waals surface area (Å²) in [5, 5.41) is 0.290. The summed E-state index contributed by atoms with van der Waals surface area (Å²) in [7, 11) is 1.69. The molecule has 6 nitrogen and oxygen atoms in total. The molecule has 0 saturated heterocycles. The molecule has 0 radical (unpaired) electrons. The Morgan fingerprint density at radius 3 is 2.29 bits per heavy atom. The number of nitrogens with two attached hydrogens (primary N) is 2. The van der Waals surface area contributed by atoms with Crippen molar-refractivity contribution >= 4 is 34.8 Å². The molecule has 0 aliphatic rings. The van der Waals surface area contributed by atoms with Gasteiger partial charge in [0, 0.05) is 25.8 Å². The molecule has 0 spiro atoms. The molecule has 2 amide bonds. The molecule has 0 fully saturated rings. The van der Waals surface area contributed by atoms with Gasteiger partial charge in [-0.2, -0.15) is 0 Å². The minimum absolute atomic E-state index is 0.0502.